The molecule has 1 N–H and O–H groups in total. The molecule has 1 aromatic carbocycles. The second-order valence-electron chi connectivity index (χ2n) is 6.18. The van der Waals surface area contributed by atoms with Crippen LogP contribution in [-0.4, -0.2) is 10.1 Å². The summed E-state index contributed by atoms with van der Waals surface area (Å²) in [6, 6.07) is 15.4. The first-order chi connectivity index (χ1) is 8.92. The number of aliphatic hydroxyl groups is 1. The van der Waals surface area contributed by atoms with Gasteiger partial charge >= 0.3 is 0 Å². The first-order valence-corrected chi connectivity index (χ1v) is 6.61. The van der Waals surface area contributed by atoms with Gasteiger partial charge in [0.15, 0.2) is 0 Å². The van der Waals surface area contributed by atoms with Gasteiger partial charge < -0.3 is 5.11 Å². The Morgan fingerprint density at radius 3 is 2.11 bits per heavy atom. The van der Waals surface area contributed by atoms with Gasteiger partial charge in [0.05, 0.1) is 5.69 Å². The molecule has 1 atom stereocenters. The predicted octanol–water partition coefficient (Wildman–Crippen LogP) is 3.75. The number of rotatable bonds is 3. The summed E-state index contributed by atoms with van der Waals surface area (Å²) in [6.45, 7) is 6.39. The lowest BCUT2D eigenvalue weighted by Crippen LogP contribution is -2.33. The first kappa shape index (κ1) is 13.8. The van der Waals surface area contributed by atoms with Gasteiger partial charge in [0.1, 0.15) is 5.60 Å². The van der Waals surface area contributed by atoms with E-state index < -0.39 is 5.60 Å². The Morgan fingerprint density at radius 2 is 1.58 bits per heavy atom. The van der Waals surface area contributed by atoms with Crippen molar-refractivity contribution in [1.29, 1.82) is 0 Å². The van der Waals surface area contributed by atoms with Crippen LogP contribution in [0.1, 0.15) is 38.4 Å². The number of nitrogens with zero attached hydrogens (tertiary/aromatic N) is 1. The summed E-state index contributed by atoms with van der Waals surface area (Å²) in [7, 11) is 0. The highest BCUT2D eigenvalue weighted by Gasteiger charge is 2.36. The van der Waals surface area contributed by atoms with Crippen LogP contribution in [0.3, 0.4) is 0 Å². The van der Waals surface area contributed by atoms with Crippen LogP contribution in [0.25, 0.3) is 0 Å². The molecule has 0 bridgehead atoms. The highest BCUT2D eigenvalue weighted by molar-refractivity contribution is 5.32. The molecule has 19 heavy (non-hydrogen) atoms. The largest absolute Gasteiger partial charge is 0.379 e. The lowest BCUT2D eigenvalue weighted by molar-refractivity contribution is 0.0322. The maximum atomic E-state index is 11.2. The van der Waals surface area contributed by atoms with Crippen LogP contribution in [0.5, 0.6) is 0 Å². The van der Waals surface area contributed by atoms with Gasteiger partial charge in [-0.25, -0.2) is 0 Å². The molecular weight excluding hydrogens is 234 g/mol. The third kappa shape index (κ3) is 3.21. The molecule has 2 aromatic rings. The van der Waals surface area contributed by atoms with Crippen LogP contribution in [0.2, 0.25) is 0 Å². The fourth-order valence-corrected chi connectivity index (χ4v) is 2.43. The minimum absolute atomic E-state index is 0.00210. The molecule has 0 saturated carbocycles. The second-order valence-corrected chi connectivity index (χ2v) is 6.18. The van der Waals surface area contributed by atoms with E-state index in [2.05, 4.69) is 25.8 Å². The average molecular weight is 255 g/mol. The van der Waals surface area contributed by atoms with Gasteiger partial charge in [0, 0.05) is 6.20 Å². The molecule has 0 aliphatic heterocycles. The van der Waals surface area contributed by atoms with E-state index in [4.69, 9.17) is 0 Å². The molecule has 1 unspecified atom stereocenters. The van der Waals surface area contributed by atoms with Crippen molar-refractivity contribution >= 4 is 0 Å². The highest BCUT2D eigenvalue weighted by Crippen LogP contribution is 2.38. The van der Waals surface area contributed by atoms with E-state index in [9.17, 15) is 5.11 Å². The molecule has 0 saturated heterocycles. The van der Waals surface area contributed by atoms with E-state index in [-0.39, 0.29) is 5.41 Å². The van der Waals surface area contributed by atoms with Crippen LogP contribution in [0.15, 0.2) is 54.7 Å². The van der Waals surface area contributed by atoms with Gasteiger partial charge in [0.25, 0.3) is 0 Å². The molecule has 0 aliphatic carbocycles. The monoisotopic (exact) mass is 255 g/mol. The topological polar surface area (TPSA) is 33.1 Å². The van der Waals surface area contributed by atoms with Crippen LogP contribution in [-0.2, 0) is 5.60 Å². The molecule has 2 heteroatoms. The summed E-state index contributed by atoms with van der Waals surface area (Å²) in [5.41, 5.74) is 0.558. The summed E-state index contributed by atoms with van der Waals surface area (Å²) in [4.78, 5) is 4.36. The lowest BCUT2D eigenvalue weighted by Gasteiger charge is -2.34. The number of pyridine rings is 1. The predicted molar refractivity (Wildman–Crippen MR) is 77.7 cm³/mol. The standard InChI is InChI=1S/C17H21NO/c1-16(2,3)13-17(19,14-9-5-4-6-10-14)15-11-7-8-12-18-15/h4-12,19H,13H2,1-3H3. The van der Waals surface area contributed by atoms with Crippen LogP contribution >= 0.6 is 0 Å². The van der Waals surface area contributed by atoms with Crippen LogP contribution in [0.4, 0.5) is 0 Å². The summed E-state index contributed by atoms with van der Waals surface area (Å²) < 4.78 is 0. The van der Waals surface area contributed by atoms with Crippen molar-refractivity contribution < 1.29 is 5.11 Å². The normalized spacial score (nSPS) is 14.9. The van der Waals surface area contributed by atoms with Gasteiger partial charge in [-0.3, -0.25) is 4.98 Å². The lowest BCUT2D eigenvalue weighted by atomic mass is 9.76. The highest BCUT2D eigenvalue weighted by atomic mass is 16.3. The summed E-state index contributed by atoms with van der Waals surface area (Å²) in [5.74, 6) is 0. The Hall–Kier alpha value is -1.67. The third-order valence-corrected chi connectivity index (χ3v) is 3.13. The van der Waals surface area contributed by atoms with Gasteiger partial charge in [-0.15, -0.1) is 0 Å². The quantitative estimate of drug-likeness (QED) is 0.906. The van der Waals surface area contributed by atoms with E-state index >= 15 is 0 Å². The number of benzene rings is 1. The minimum Gasteiger partial charge on any atom is -0.379 e. The molecule has 1 heterocycles. The molecule has 0 spiro atoms. The van der Waals surface area contributed by atoms with E-state index in [0.717, 1.165) is 5.56 Å². The van der Waals surface area contributed by atoms with E-state index in [0.29, 0.717) is 12.1 Å². The van der Waals surface area contributed by atoms with Crippen LogP contribution < -0.4 is 0 Å². The SMILES string of the molecule is CC(C)(C)CC(O)(c1ccccc1)c1ccccn1. The maximum Gasteiger partial charge on any atom is 0.132 e. The number of hydrogen-bond acceptors (Lipinski definition) is 2. The molecule has 100 valence electrons. The van der Waals surface area contributed by atoms with E-state index in [1.807, 2.05) is 48.5 Å². The average Bonchev–Trinajstić information content (AvgIpc) is 2.39. The van der Waals surface area contributed by atoms with Crippen molar-refractivity contribution in [3.8, 4) is 0 Å². The third-order valence-electron chi connectivity index (χ3n) is 3.13. The number of hydrogen-bond donors (Lipinski definition) is 1. The zero-order chi connectivity index (χ0) is 13.9. The maximum absolute atomic E-state index is 11.2. The van der Waals surface area contributed by atoms with Crippen molar-refractivity contribution in [3.05, 3.63) is 66.0 Å². The molecule has 0 radical (unpaired) electrons. The van der Waals surface area contributed by atoms with Crippen molar-refractivity contribution in [2.24, 2.45) is 5.41 Å². The van der Waals surface area contributed by atoms with E-state index in [1.54, 1.807) is 6.20 Å². The Morgan fingerprint density at radius 1 is 0.947 bits per heavy atom. The van der Waals surface area contributed by atoms with Gasteiger partial charge in [-0.05, 0) is 29.5 Å². The minimum atomic E-state index is -1.04. The van der Waals surface area contributed by atoms with Gasteiger partial charge in [-0.1, -0.05) is 57.2 Å². The number of aromatic nitrogens is 1. The molecule has 0 amide bonds. The fraction of sp³-hybridized carbons (Fsp3) is 0.353. The molecule has 2 rings (SSSR count). The Kier molecular flexibility index (Phi) is 3.72. The van der Waals surface area contributed by atoms with E-state index in [1.165, 1.54) is 0 Å². The van der Waals surface area contributed by atoms with Crippen molar-refractivity contribution in [2.75, 3.05) is 0 Å². The molecule has 2 nitrogen and oxygen atoms in total. The van der Waals surface area contributed by atoms with Crippen molar-refractivity contribution in [3.63, 3.8) is 0 Å². The van der Waals surface area contributed by atoms with Gasteiger partial charge in [-0.2, -0.15) is 0 Å². The van der Waals surface area contributed by atoms with Gasteiger partial charge in [0.2, 0.25) is 0 Å². The Bertz CT molecular complexity index is 474. The molecule has 0 fully saturated rings. The zero-order valence-electron chi connectivity index (χ0n) is 11.8. The molecule has 0 aliphatic rings. The fourth-order valence-electron chi connectivity index (χ4n) is 2.43. The summed E-state index contributed by atoms with van der Waals surface area (Å²) >= 11 is 0. The summed E-state index contributed by atoms with van der Waals surface area (Å²) in [5, 5.41) is 11.2. The molecular formula is C17H21NO. The smallest absolute Gasteiger partial charge is 0.132 e. The molecule has 1 aromatic heterocycles. The first-order valence-electron chi connectivity index (χ1n) is 6.61. The van der Waals surface area contributed by atoms with Crippen molar-refractivity contribution in [1.82, 2.24) is 4.98 Å². The second kappa shape index (κ2) is 5.14. The van der Waals surface area contributed by atoms with Crippen molar-refractivity contribution in [2.45, 2.75) is 32.8 Å². The van der Waals surface area contributed by atoms with Crippen LogP contribution in [0, 0.1) is 5.41 Å². The zero-order valence-corrected chi connectivity index (χ0v) is 11.8. The summed E-state index contributed by atoms with van der Waals surface area (Å²) in [6.07, 6.45) is 2.35. The Balaban J connectivity index is 2.51. The Labute approximate surface area is 115 Å².